The minimum Gasteiger partial charge on any atom is -0.313 e. The molecule has 0 saturated heterocycles. The van der Waals surface area contributed by atoms with Gasteiger partial charge in [-0.05, 0) is 50.3 Å². The van der Waals surface area contributed by atoms with E-state index >= 15 is 0 Å². The summed E-state index contributed by atoms with van der Waals surface area (Å²) in [4.78, 5) is 1.02. The first-order chi connectivity index (χ1) is 9.36. The maximum atomic E-state index is 13.0. The molecule has 112 valence electrons. The summed E-state index contributed by atoms with van der Waals surface area (Å²) in [5.41, 5.74) is 2.62. The smallest absolute Gasteiger partial charge is 0.0579 e. The second-order valence-electron chi connectivity index (χ2n) is 6.67. The lowest BCUT2D eigenvalue weighted by molar-refractivity contribution is 0.289. The minimum absolute atomic E-state index is 0.228. The van der Waals surface area contributed by atoms with Crippen LogP contribution >= 0.6 is 0 Å². The topological polar surface area (TPSA) is 29.1 Å². The van der Waals surface area contributed by atoms with Crippen molar-refractivity contribution in [2.24, 2.45) is 5.41 Å². The van der Waals surface area contributed by atoms with Crippen LogP contribution in [0.4, 0.5) is 0 Å². The molecule has 3 heteroatoms. The fourth-order valence-electron chi connectivity index (χ4n) is 3.39. The molecule has 2 rings (SSSR count). The molecule has 1 fully saturated rings. The van der Waals surface area contributed by atoms with Gasteiger partial charge in [-0.15, -0.1) is 0 Å². The van der Waals surface area contributed by atoms with Crippen molar-refractivity contribution in [2.75, 3.05) is 6.54 Å². The van der Waals surface area contributed by atoms with E-state index in [0.29, 0.717) is 6.04 Å². The van der Waals surface area contributed by atoms with Crippen LogP contribution in [-0.4, -0.2) is 22.0 Å². The zero-order valence-corrected chi connectivity index (χ0v) is 14.1. The molecule has 1 aliphatic carbocycles. The Labute approximate surface area is 125 Å². The third kappa shape index (κ3) is 2.99. The van der Waals surface area contributed by atoms with Gasteiger partial charge in [-0.3, -0.25) is 4.21 Å². The van der Waals surface area contributed by atoms with E-state index in [0.717, 1.165) is 29.8 Å². The standard InChI is InChI=1S/C17H27NOS/c1-6-18-16-15(9-10-17(16,4)5)20(19)14-8-7-12(2)11-13(14)3/h7-8,11,15-16,18H,6,9-10H2,1-5H3. The van der Waals surface area contributed by atoms with Crippen LogP contribution in [0.15, 0.2) is 23.1 Å². The van der Waals surface area contributed by atoms with Crippen LogP contribution in [0, 0.1) is 19.3 Å². The van der Waals surface area contributed by atoms with E-state index in [9.17, 15) is 4.21 Å². The Balaban J connectivity index is 2.28. The van der Waals surface area contributed by atoms with Crippen molar-refractivity contribution < 1.29 is 4.21 Å². The van der Waals surface area contributed by atoms with E-state index in [4.69, 9.17) is 0 Å². The first-order valence-electron chi connectivity index (χ1n) is 7.58. The molecule has 1 aliphatic rings. The molecule has 20 heavy (non-hydrogen) atoms. The molecule has 0 heterocycles. The van der Waals surface area contributed by atoms with Crippen molar-refractivity contribution in [1.29, 1.82) is 0 Å². The lowest BCUT2D eigenvalue weighted by Crippen LogP contribution is -2.46. The van der Waals surface area contributed by atoms with Gasteiger partial charge in [-0.2, -0.15) is 0 Å². The molecule has 0 spiro atoms. The summed E-state index contributed by atoms with van der Waals surface area (Å²) in [6.07, 6.45) is 2.19. The summed E-state index contributed by atoms with van der Waals surface area (Å²) in [5.74, 6) is 0. The summed E-state index contributed by atoms with van der Waals surface area (Å²) >= 11 is 0. The third-order valence-electron chi connectivity index (χ3n) is 4.53. The zero-order chi connectivity index (χ0) is 14.9. The van der Waals surface area contributed by atoms with Crippen LogP contribution in [0.1, 0.15) is 44.7 Å². The van der Waals surface area contributed by atoms with Gasteiger partial charge in [-0.25, -0.2) is 0 Å². The highest BCUT2D eigenvalue weighted by atomic mass is 32.2. The number of aryl methyl sites for hydroxylation is 2. The Morgan fingerprint density at radius 2 is 2.05 bits per heavy atom. The third-order valence-corrected chi connectivity index (χ3v) is 6.48. The van der Waals surface area contributed by atoms with Gasteiger partial charge in [-0.1, -0.05) is 38.5 Å². The van der Waals surface area contributed by atoms with Crippen LogP contribution in [0.2, 0.25) is 0 Å². The average Bonchev–Trinajstić information content (AvgIpc) is 2.65. The number of nitrogens with one attached hydrogen (secondary N) is 1. The molecule has 0 aromatic heterocycles. The second-order valence-corrected chi connectivity index (χ2v) is 8.31. The molecule has 1 aromatic carbocycles. The first-order valence-corrected chi connectivity index (χ1v) is 8.79. The minimum atomic E-state index is -0.919. The molecule has 0 radical (unpaired) electrons. The largest absolute Gasteiger partial charge is 0.313 e. The summed E-state index contributed by atoms with van der Waals surface area (Å²) in [6, 6.07) is 6.60. The van der Waals surface area contributed by atoms with Gasteiger partial charge in [0.1, 0.15) is 0 Å². The summed E-state index contributed by atoms with van der Waals surface area (Å²) in [5, 5.41) is 3.80. The van der Waals surface area contributed by atoms with Crippen LogP contribution in [0.3, 0.4) is 0 Å². The lowest BCUT2D eigenvalue weighted by Gasteiger charge is -2.31. The molecule has 2 nitrogen and oxygen atoms in total. The van der Waals surface area contributed by atoms with Crippen molar-refractivity contribution in [3.05, 3.63) is 29.3 Å². The summed E-state index contributed by atoms with van der Waals surface area (Å²) < 4.78 is 13.0. The van der Waals surface area contributed by atoms with Gasteiger partial charge in [0.05, 0.1) is 16.0 Å². The van der Waals surface area contributed by atoms with E-state index in [1.54, 1.807) is 0 Å². The molecule has 1 aromatic rings. The molecule has 0 bridgehead atoms. The van der Waals surface area contributed by atoms with Gasteiger partial charge < -0.3 is 5.32 Å². The second kappa shape index (κ2) is 5.98. The number of hydrogen-bond acceptors (Lipinski definition) is 2. The van der Waals surface area contributed by atoms with E-state index in [1.165, 1.54) is 5.56 Å². The molecule has 3 atom stereocenters. The van der Waals surface area contributed by atoms with E-state index in [2.05, 4.69) is 58.1 Å². The Kier molecular flexibility index (Phi) is 4.70. The lowest BCUT2D eigenvalue weighted by atomic mass is 9.87. The molecule has 0 aliphatic heterocycles. The predicted molar refractivity (Wildman–Crippen MR) is 86.6 cm³/mol. The molecule has 3 unspecified atom stereocenters. The molecule has 0 amide bonds. The molecule has 1 saturated carbocycles. The molecular weight excluding hydrogens is 266 g/mol. The van der Waals surface area contributed by atoms with Gasteiger partial charge in [0.2, 0.25) is 0 Å². The number of benzene rings is 1. The SMILES string of the molecule is CCNC1C(S(=O)c2ccc(C)cc2C)CCC1(C)C. The monoisotopic (exact) mass is 293 g/mol. The van der Waals surface area contributed by atoms with Crippen molar-refractivity contribution in [2.45, 2.75) is 63.6 Å². The van der Waals surface area contributed by atoms with Gasteiger partial charge in [0.15, 0.2) is 0 Å². The maximum absolute atomic E-state index is 13.0. The Morgan fingerprint density at radius 1 is 1.35 bits per heavy atom. The highest BCUT2D eigenvalue weighted by Crippen LogP contribution is 2.41. The highest BCUT2D eigenvalue weighted by molar-refractivity contribution is 7.85. The zero-order valence-electron chi connectivity index (χ0n) is 13.3. The van der Waals surface area contributed by atoms with Crippen molar-refractivity contribution in [1.82, 2.24) is 5.32 Å². The highest BCUT2D eigenvalue weighted by Gasteiger charge is 2.44. The normalized spacial score (nSPS) is 26.6. The number of hydrogen-bond donors (Lipinski definition) is 1. The fraction of sp³-hybridized carbons (Fsp3) is 0.647. The summed E-state index contributed by atoms with van der Waals surface area (Å²) in [7, 11) is -0.919. The van der Waals surface area contributed by atoms with Crippen LogP contribution in [0.25, 0.3) is 0 Å². The Morgan fingerprint density at radius 3 is 2.65 bits per heavy atom. The predicted octanol–water partition coefficient (Wildman–Crippen LogP) is 3.58. The average molecular weight is 293 g/mol. The summed E-state index contributed by atoms with van der Waals surface area (Å²) in [6.45, 7) is 11.8. The van der Waals surface area contributed by atoms with Gasteiger partial charge in [0.25, 0.3) is 0 Å². The van der Waals surface area contributed by atoms with Crippen molar-refractivity contribution in [3.63, 3.8) is 0 Å². The fourth-order valence-corrected chi connectivity index (χ4v) is 5.33. The van der Waals surface area contributed by atoms with Crippen LogP contribution in [0.5, 0.6) is 0 Å². The number of rotatable bonds is 4. The van der Waals surface area contributed by atoms with Gasteiger partial charge >= 0.3 is 0 Å². The maximum Gasteiger partial charge on any atom is 0.0579 e. The molecular formula is C17H27NOS. The van der Waals surface area contributed by atoms with E-state index in [1.807, 2.05) is 0 Å². The van der Waals surface area contributed by atoms with Crippen molar-refractivity contribution >= 4 is 10.8 Å². The quantitative estimate of drug-likeness (QED) is 0.919. The van der Waals surface area contributed by atoms with E-state index < -0.39 is 10.8 Å². The van der Waals surface area contributed by atoms with Crippen LogP contribution < -0.4 is 5.32 Å². The van der Waals surface area contributed by atoms with Crippen LogP contribution in [-0.2, 0) is 10.8 Å². The Hall–Kier alpha value is -0.670. The van der Waals surface area contributed by atoms with Crippen molar-refractivity contribution in [3.8, 4) is 0 Å². The molecule has 1 N–H and O–H groups in total. The first kappa shape index (κ1) is 15.7. The Bertz CT molecular complexity index is 510. The van der Waals surface area contributed by atoms with Gasteiger partial charge in [0, 0.05) is 10.9 Å². The van der Waals surface area contributed by atoms with E-state index in [-0.39, 0.29) is 10.7 Å².